The molecule has 0 N–H and O–H groups in total. The van der Waals surface area contributed by atoms with E-state index in [0.29, 0.717) is 5.89 Å². The lowest BCUT2D eigenvalue weighted by atomic mass is 9.99. The minimum absolute atomic E-state index is 0.609. The number of para-hydroxylation sites is 4. The van der Waals surface area contributed by atoms with Gasteiger partial charge < -0.3 is 19.1 Å². The first-order valence-electron chi connectivity index (χ1n) is 23.0. The van der Waals surface area contributed by atoms with E-state index in [0.717, 1.165) is 101 Å². The summed E-state index contributed by atoms with van der Waals surface area (Å²) in [6.07, 6.45) is 0. The quantitative estimate of drug-likeness (QED) is 0.121. The van der Waals surface area contributed by atoms with Crippen molar-refractivity contribution in [1.82, 2.24) is 4.98 Å². The van der Waals surface area contributed by atoms with E-state index in [1.54, 1.807) is 0 Å². The minimum Gasteiger partial charge on any atom is -0.435 e. The molecule has 0 saturated heterocycles. The Morgan fingerprint density at radius 2 is 0.735 bits per heavy atom. The third-order valence-electron chi connectivity index (χ3n) is 12.6. The molecule has 1 aromatic heterocycles. The van der Waals surface area contributed by atoms with E-state index in [-0.39, 0.29) is 0 Å². The molecule has 0 fully saturated rings. The molecule has 0 atom stereocenters. The smallest absolute Gasteiger partial charge is 0.227 e. The second-order valence-electron chi connectivity index (χ2n) is 16.8. The van der Waals surface area contributed by atoms with Crippen LogP contribution in [0.2, 0.25) is 0 Å². The van der Waals surface area contributed by atoms with Gasteiger partial charge in [0.25, 0.3) is 0 Å². The van der Waals surface area contributed by atoms with Gasteiger partial charge in [-0.3, -0.25) is 0 Å². The monoisotopic (exact) mass is 872 g/mol. The summed E-state index contributed by atoms with van der Waals surface area (Å²) in [5, 5.41) is 4.34. The zero-order valence-electron chi connectivity index (χ0n) is 37.1. The van der Waals surface area contributed by atoms with Gasteiger partial charge in [-0.05, 0) is 131 Å². The third kappa shape index (κ3) is 7.58. The lowest BCUT2D eigenvalue weighted by Gasteiger charge is -2.31. The number of aromatic nitrogens is 1. The molecule has 0 bridgehead atoms. The Hall–Kier alpha value is -9.19. The van der Waals surface area contributed by atoms with Crippen molar-refractivity contribution in [1.29, 1.82) is 0 Å². The summed E-state index contributed by atoms with van der Waals surface area (Å²) < 4.78 is 6.69. The van der Waals surface area contributed by atoms with Crippen LogP contribution < -0.4 is 14.7 Å². The largest absolute Gasteiger partial charge is 0.435 e. The number of fused-ring (bicyclic) bond motifs is 5. The summed E-state index contributed by atoms with van der Waals surface area (Å²) in [6.45, 7) is 0. The Morgan fingerprint density at radius 1 is 0.309 bits per heavy atom. The Labute approximate surface area is 395 Å². The molecule has 0 radical (unpaired) electrons. The molecule has 0 unspecified atom stereocenters. The highest BCUT2D eigenvalue weighted by atomic mass is 16.3. The van der Waals surface area contributed by atoms with E-state index < -0.39 is 0 Å². The van der Waals surface area contributed by atoms with Crippen molar-refractivity contribution < 1.29 is 4.42 Å². The zero-order valence-corrected chi connectivity index (χ0v) is 37.1. The summed E-state index contributed by atoms with van der Waals surface area (Å²) in [6, 6.07) is 94.3. The third-order valence-corrected chi connectivity index (χ3v) is 12.6. The second-order valence-corrected chi connectivity index (χ2v) is 16.8. The molecule has 68 heavy (non-hydrogen) atoms. The number of rotatable bonds is 11. The van der Waals surface area contributed by atoms with Crippen LogP contribution in [0.4, 0.5) is 51.2 Å². The maximum absolute atomic E-state index is 6.69. The maximum atomic E-state index is 6.69. The number of nitrogens with zero attached hydrogens (tertiary/aromatic N) is 4. The van der Waals surface area contributed by atoms with Gasteiger partial charge in [-0.25, -0.2) is 4.98 Å². The highest BCUT2D eigenvalue weighted by molar-refractivity contribution is 6.18. The fraction of sp³-hybridized carbons (Fsp3) is 0. The van der Waals surface area contributed by atoms with Crippen LogP contribution in [0.15, 0.2) is 271 Å². The van der Waals surface area contributed by atoms with Crippen molar-refractivity contribution in [2.75, 3.05) is 14.7 Å². The van der Waals surface area contributed by atoms with Crippen LogP contribution in [0.1, 0.15) is 0 Å². The fourth-order valence-corrected chi connectivity index (χ4v) is 9.48. The number of hydrogen-bond acceptors (Lipinski definition) is 5. The summed E-state index contributed by atoms with van der Waals surface area (Å²) in [4.78, 5) is 12.0. The fourth-order valence-electron chi connectivity index (χ4n) is 9.48. The van der Waals surface area contributed by atoms with Crippen molar-refractivity contribution in [2.24, 2.45) is 0 Å². The van der Waals surface area contributed by atoms with E-state index >= 15 is 0 Å². The van der Waals surface area contributed by atoms with Gasteiger partial charge in [0.1, 0.15) is 5.52 Å². The second kappa shape index (κ2) is 17.7. The van der Waals surface area contributed by atoms with Crippen LogP contribution in [0.5, 0.6) is 0 Å². The van der Waals surface area contributed by atoms with Crippen molar-refractivity contribution in [3.63, 3.8) is 0 Å². The maximum Gasteiger partial charge on any atom is 0.227 e. The van der Waals surface area contributed by atoms with Crippen molar-refractivity contribution >= 4 is 83.8 Å². The summed E-state index contributed by atoms with van der Waals surface area (Å²) in [7, 11) is 0. The first-order valence-corrected chi connectivity index (χ1v) is 23.0. The molecule has 0 aliphatic carbocycles. The molecule has 5 heteroatoms. The van der Waals surface area contributed by atoms with Crippen molar-refractivity contribution in [3.05, 3.63) is 267 Å². The highest BCUT2D eigenvalue weighted by Crippen LogP contribution is 2.46. The molecular weight excluding hydrogens is 829 g/mol. The molecule has 1 heterocycles. The van der Waals surface area contributed by atoms with E-state index in [1.165, 1.54) is 0 Å². The van der Waals surface area contributed by atoms with E-state index in [4.69, 9.17) is 9.40 Å². The molecule has 0 aliphatic heterocycles. The van der Waals surface area contributed by atoms with Gasteiger partial charge in [0.15, 0.2) is 5.58 Å². The Bertz CT molecular complexity index is 3650. The molecule has 12 aromatic rings. The van der Waals surface area contributed by atoms with Gasteiger partial charge >= 0.3 is 0 Å². The molecule has 0 amide bonds. The molecule has 322 valence electrons. The van der Waals surface area contributed by atoms with Gasteiger partial charge in [-0.15, -0.1) is 0 Å². The predicted molar refractivity (Wildman–Crippen MR) is 284 cm³/mol. The van der Waals surface area contributed by atoms with Crippen molar-refractivity contribution in [3.8, 4) is 22.6 Å². The molecule has 5 nitrogen and oxygen atoms in total. The predicted octanol–water partition coefficient (Wildman–Crippen LogP) is 17.9. The van der Waals surface area contributed by atoms with Gasteiger partial charge in [-0.2, -0.15) is 0 Å². The molecular formula is C63H44N4O. The van der Waals surface area contributed by atoms with Crippen LogP contribution in [0.25, 0.3) is 55.2 Å². The Kier molecular flexibility index (Phi) is 10.5. The van der Waals surface area contributed by atoms with Gasteiger partial charge in [-0.1, -0.05) is 158 Å². The van der Waals surface area contributed by atoms with Crippen LogP contribution in [0.3, 0.4) is 0 Å². The van der Waals surface area contributed by atoms with Gasteiger partial charge in [0.05, 0.1) is 5.69 Å². The molecule has 0 aliphatic rings. The Morgan fingerprint density at radius 3 is 1.32 bits per heavy atom. The SMILES string of the molecule is c1ccc(-c2nc3ccc4ccc5ccc(N(c6cccc(N(c7ccccc7)c7cccc(N(c8ccccc8)c8ccccc8)c7)c6)c6ccccc6-c6ccccc6)cc5c4c3o2)cc1. The van der Waals surface area contributed by atoms with Crippen LogP contribution >= 0.6 is 0 Å². The normalized spacial score (nSPS) is 11.2. The van der Waals surface area contributed by atoms with E-state index in [9.17, 15) is 0 Å². The zero-order chi connectivity index (χ0) is 45.2. The van der Waals surface area contributed by atoms with E-state index in [2.05, 4.69) is 251 Å². The molecule has 12 rings (SSSR count). The standard InChI is InChI=1S/C63H44N4O/c1-6-20-45(21-7-1)57-34-16-17-35-60(57)67(56-40-38-46-36-37-47-39-41-59-62(61(47)58(46)44-56)68-63(64-59)48-22-8-2-9-23-48)55-33-19-32-54(43-55)66(51-28-14-5-15-29-51)53-31-18-30-52(42-53)65(49-24-10-3-11-25-49)50-26-12-4-13-27-50/h1-44H. The van der Waals surface area contributed by atoms with Crippen molar-refractivity contribution in [2.45, 2.75) is 0 Å². The van der Waals surface area contributed by atoms with Crippen LogP contribution in [-0.2, 0) is 0 Å². The lowest BCUT2D eigenvalue weighted by molar-refractivity contribution is 0.623. The van der Waals surface area contributed by atoms with Gasteiger partial charge in [0, 0.05) is 62.0 Å². The number of oxazole rings is 1. The molecule has 11 aromatic carbocycles. The van der Waals surface area contributed by atoms with E-state index in [1.807, 2.05) is 30.3 Å². The molecule has 0 saturated carbocycles. The first-order chi connectivity index (χ1) is 33.7. The average molecular weight is 873 g/mol. The van der Waals surface area contributed by atoms with Gasteiger partial charge in [0.2, 0.25) is 5.89 Å². The van der Waals surface area contributed by atoms with Crippen LogP contribution in [-0.4, -0.2) is 4.98 Å². The summed E-state index contributed by atoms with van der Waals surface area (Å²) in [5.74, 6) is 0.609. The molecule has 0 spiro atoms. The number of benzene rings is 11. The lowest BCUT2D eigenvalue weighted by Crippen LogP contribution is -2.14. The summed E-state index contributed by atoms with van der Waals surface area (Å²) in [5.41, 5.74) is 14.2. The Balaban J connectivity index is 1.05. The van der Waals surface area contributed by atoms with Crippen LogP contribution in [0, 0.1) is 0 Å². The average Bonchev–Trinajstić information content (AvgIpc) is 3.86. The topological polar surface area (TPSA) is 35.8 Å². The summed E-state index contributed by atoms with van der Waals surface area (Å²) >= 11 is 0. The number of anilines is 9. The number of hydrogen-bond donors (Lipinski definition) is 0. The first kappa shape index (κ1) is 40.3. The minimum atomic E-state index is 0.609. The highest BCUT2D eigenvalue weighted by Gasteiger charge is 2.22.